The third kappa shape index (κ3) is 3.06. The van der Waals surface area contributed by atoms with E-state index in [0.717, 1.165) is 33.5 Å². The number of rotatable bonds is 3. The van der Waals surface area contributed by atoms with Crippen LogP contribution in [0.1, 0.15) is 0 Å². The topological polar surface area (TPSA) is 35.0 Å². The molecule has 0 unspecified atom stereocenters. The molecule has 0 fully saturated rings. The summed E-state index contributed by atoms with van der Waals surface area (Å²) in [6, 6.07) is 23.5. The van der Waals surface area contributed by atoms with E-state index in [1.54, 1.807) is 7.11 Å². The summed E-state index contributed by atoms with van der Waals surface area (Å²) in [6.07, 6.45) is 0. The number of methoxy groups -OCH3 is 1. The molecule has 0 aliphatic heterocycles. The Morgan fingerprint density at radius 3 is 2.28 bits per heavy atom. The van der Waals surface area contributed by atoms with Gasteiger partial charge in [-0.2, -0.15) is 0 Å². The second kappa shape index (κ2) is 6.54. The largest absolute Gasteiger partial charge is 0.497 e. The number of ether oxygens (including phenoxy) is 1. The summed E-state index contributed by atoms with van der Waals surface area (Å²) in [5.41, 5.74) is 3.71. The standard InChI is InChI=1S/C21H15ClN2O/c1-25-17-10-7-15(8-11-17)21-23-19-12-9-16(22)13-18(19)20(24-21)14-5-3-2-4-6-14/h2-13H,1H3. The summed E-state index contributed by atoms with van der Waals surface area (Å²) in [6.45, 7) is 0. The number of hydrogen-bond acceptors (Lipinski definition) is 3. The van der Waals surface area contributed by atoms with Crippen molar-refractivity contribution in [2.24, 2.45) is 0 Å². The lowest BCUT2D eigenvalue weighted by Gasteiger charge is -2.10. The van der Waals surface area contributed by atoms with Crippen molar-refractivity contribution in [1.29, 1.82) is 0 Å². The second-order valence-electron chi connectivity index (χ2n) is 5.65. The summed E-state index contributed by atoms with van der Waals surface area (Å²) in [4.78, 5) is 9.55. The quantitative estimate of drug-likeness (QED) is 0.482. The van der Waals surface area contributed by atoms with Gasteiger partial charge in [-0.05, 0) is 42.5 Å². The van der Waals surface area contributed by atoms with Gasteiger partial charge in [0.25, 0.3) is 0 Å². The predicted molar refractivity (Wildman–Crippen MR) is 102 cm³/mol. The van der Waals surface area contributed by atoms with E-state index in [0.29, 0.717) is 10.8 Å². The molecule has 1 heterocycles. The second-order valence-corrected chi connectivity index (χ2v) is 6.09. The zero-order valence-electron chi connectivity index (χ0n) is 13.6. The zero-order valence-corrected chi connectivity index (χ0v) is 14.4. The van der Waals surface area contributed by atoms with E-state index in [1.165, 1.54) is 0 Å². The molecule has 3 aromatic carbocycles. The van der Waals surface area contributed by atoms with Crippen molar-refractivity contribution in [1.82, 2.24) is 9.97 Å². The monoisotopic (exact) mass is 346 g/mol. The number of hydrogen-bond donors (Lipinski definition) is 0. The molecular weight excluding hydrogens is 332 g/mol. The zero-order chi connectivity index (χ0) is 17.2. The molecule has 1 aromatic heterocycles. The van der Waals surface area contributed by atoms with E-state index in [9.17, 15) is 0 Å². The average Bonchev–Trinajstić information content (AvgIpc) is 2.68. The number of halogens is 1. The summed E-state index contributed by atoms with van der Waals surface area (Å²) in [7, 11) is 1.65. The van der Waals surface area contributed by atoms with Gasteiger partial charge in [-0.25, -0.2) is 9.97 Å². The minimum absolute atomic E-state index is 0.672. The number of fused-ring (bicyclic) bond motifs is 1. The van der Waals surface area contributed by atoms with Crippen molar-refractivity contribution >= 4 is 22.5 Å². The van der Waals surface area contributed by atoms with Crippen molar-refractivity contribution in [2.45, 2.75) is 0 Å². The molecule has 3 nitrogen and oxygen atoms in total. The Hall–Kier alpha value is -2.91. The van der Waals surface area contributed by atoms with Gasteiger partial charge in [0.15, 0.2) is 5.82 Å². The molecular formula is C21H15ClN2O. The van der Waals surface area contributed by atoms with E-state index in [2.05, 4.69) is 0 Å². The Morgan fingerprint density at radius 2 is 1.56 bits per heavy atom. The van der Waals surface area contributed by atoms with Crippen molar-refractivity contribution in [3.63, 3.8) is 0 Å². The molecule has 4 aromatic rings. The van der Waals surface area contributed by atoms with Crippen LogP contribution in [-0.2, 0) is 0 Å². The molecule has 0 amide bonds. The van der Waals surface area contributed by atoms with Crippen LogP contribution in [0.2, 0.25) is 5.02 Å². The van der Waals surface area contributed by atoms with Gasteiger partial charge in [0.1, 0.15) is 5.75 Å². The Bertz CT molecular complexity index is 1030. The van der Waals surface area contributed by atoms with Crippen LogP contribution in [0.4, 0.5) is 0 Å². The summed E-state index contributed by atoms with van der Waals surface area (Å²) in [5, 5.41) is 1.61. The maximum atomic E-state index is 6.20. The Morgan fingerprint density at radius 1 is 0.800 bits per heavy atom. The van der Waals surface area contributed by atoms with Gasteiger partial charge in [-0.15, -0.1) is 0 Å². The van der Waals surface area contributed by atoms with Crippen LogP contribution in [0.5, 0.6) is 5.75 Å². The predicted octanol–water partition coefficient (Wildman–Crippen LogP) is 5.63. The van der Waals surface area contributed by atoms with Gasteiger partial charge in [0.05, 0.1) is 18.3 Å². The van der Waals surface area contributed by atoms with Crippen LogP contribution in [-0.4, -0.2) is 17.1 Å². The van der Waals surface area contributed by atoms with E-state index < -0.39 is 0 Å². The number of benzene rings is 3. The Labute approximate surface area is 150 Å². The first kappa shape index (κ1) is 15.6. The van der Waals surface area contributed by atoms with Crippen molar-refractivity contribution in [2.75, 3.05) is 7.11 Å². The maximum absolute atomic E-state index is 6.20. The highest BCUT2D eigenvalue weighted by atomic mass is 35.5. The molecule has 4 heteroatoms. The first-order chi connectivity index (χ1) is 12.2. The van der Waals surface area contributed by atoms with E-state index in [-0.39, 0.29) is 0 Å². The smallest absolute Gasteiger partial charge is 0.160 e. The Balaban J connectivity index is 1.96. The van der Waals surface area contributed by atoms with Crippen molar-refractivity contribution in [3.05, 3.63) is 77.8 Å². The third-order valence-electron chi connectivity index (χ3n) is 4.05. The third-order valence-corrected chi connectivity index (χ3v) is 4.29. The molecule has 0 saturated heterocycles. The minimum atomic E-state index is 0.672. The SMILES string of the molecule is COc1ccc(-c2nc(-c3ccccc3)c3cc(Cl)ccc3n2)cc1. The minimum Gasteiger partial charge on any atom is -0.497 e. The molecule has 0 N–H and O–H groups in total. The van der Waals surface area contributed by atoms with Gasteiger partial charge in [-0.1, -0.05) is 41.9 Å². The maximum Gasteiger partial charge on any atom is 0.160 e. The molecule has 0 bridgehead atoms. The molecule has 0 radical (unpaired) electrons. The number of aromatic nitrogens is 2. The fourth-order valence-corrected chi connectivity index (χ4v) is 2.96. The van der Waals surface area contributed by atoms with Crippen LogP contribution in [0.25, 0.3) is 33.5 Å². The first-order valence-corrected chi connectivity index (χ1v) is 8.29. The summed E-state index contributed by atoms with van der Waals surface area (Å²) < 4.78 is 5.23. The lowest BCUT2D eigenvalue weighted by Crippen LogP contribution is -1.95. The Kier molecular flexibility index (Phi) is 4.08. The number of nitrogens with zero attached hydrogens (tertiary/aromatic N) is 2. The van der Waals surface area contributed by atoms with Crippen LogP contribution in [0.15, 0.2) is 72.8 Å². The molecule has 25 heavy (non-hydrogen) atoms. The molecule has 0 spiro atoms. The summed E-state index contributed by atoms with van der Waals surface area (Å²) >= 11 is 6.20. The van der Waals surface area contributed by atoms with E-state index in [1.807, 2.05) is 72.8 Å². The normalized spacial score (nSPS) is 10.8. The lowest BCUT2D eigenvalue weighted by atomic mass is 10.1. The van der Waals surface area contributed by atoms with Crippen LogP contribution < -0.4 is 4.74 Å². The fourth-order valence-electron chi connectivity index (χ4n) is 2.79. The van der Waals surface area contributed by atoms with E-state index >= 15 is 0 Å². The van der Waals surface area contributed by atoms with Crippen LogP contribution >= 0.6 is 11.6 Å². The first-order valence-electron chi connectivity index (χ1n) is 7.92. The molecule has 0 atom stereocenters. The van der Waals surface area contributed by atoms with Crippen LogP contribution in [0.3, 0.4) is 0 Å². The summed E-state index contributed by atoms with van der Waals surface area (Å²) in [5.74, 6) is 1.48. The van der Waals surface area contributed by atoms with E-state index in [4.69, 9.17) is 26.3 Å². The molecule has 4 rings (SSSR count). The van der Waals surface area contributed by atoms with Crippen molar-refractivity contribution < 1.29 is 4.74 Å². The highest BCUT2D eigenvalue weighted by molar-refractivity contribution is 6.31. The highest BCUT2D eigenvalue weighted by Crippen LogP contribution is 2.31. The van der Waals surface area contributed by atoms with Gasteiger partial charge in [-0.3, -0.25) is 0 Å². The fraction of sp³-hybridized carbons (Fsp3) is 0.0476. The van der Waals surface area contributed by atoms with Gasteiger partial charge in [0, 0.05) is 21.5 Å². The molecule has 0 aliphatic carbocycles. The average molecular weight is 347 g/mol. The van der Waals surface area contributed by atoms with Gasteiger partial charge in [0.2, 0.25) is 0 Å². The lowest BCUT2D eigenvalue weighted by molar-refractivity contribution is 0.415. The van der Waals surface area contributed by atoms with Gasteiger partial charge < -0.3 is 4.74 Å². The highest BCUT2D eigenvalue weighted by Gasteiger charge is 2.12. The van der Waals surface area contributed by atoms with Crippen molar-refractivity contribution in [3.8, 4) is 28.4 Å². The molecule has 0 aliphatic rings. The molecule has 0 saturated carbocycles. The van der Waals surface area contributed by atoms with Gasteiger partial charge >= 0.3 is 0 Å². The van der Waals surface area contributed by atoms with Crippen LogP contribution in [0, 0.1) is 0 Å². The molecule has 122 valence electrons.